The Morgan fingerprint density at radius 2 is 2.08 bits per heavy atom. The number of amides is 2. The molecule has 196 valence electrons. The summed E-state index contributed by atoms with van der Waals surface area (Å²) >= 11 is 7.16. The van der Waals surface area contributed by atoms with Gasteiger partial charge in [-0.15, -0.1) is 11.3 Å². The Kier molecular flexibility index (Phi) is 8.00. The van der Waals surface area contributed by atoms with Gasteiger partial charge in [-0.25, -0.2) is 17.8 Å². The Balaban J connectivity index is 1.36. The first-order chi connectivity index (χ1) is 17.5. The number of nitrogens with zero attached hydrogens (tertiary/aromatic N) is 3. The Morgan fingerprint density at radius 3 is 2.73 bits per heavy atom. The molecule has 4 rings (SSSR count). The topological polar surface area (TPSA) is 115 Å². The summed E-state index contributed by atoms with van der Waals surface area (Å²) in [6, 6.07) is 7.31. The molecule has 37 heavy (non-hydrogen) atoms. The van der Waals surface area contributed by atoms with Crippen molar-refractivity contribution in [2.45, 2.75) is 19.8 Å². The monoisotopic (exact) mass is 565 g/mol. The van der Waals surface area contributed by atoms with E-state index in [1.807, 2.05) is 6.92 Å². The Bertz CT molecular complexity index is 1470. The predicted octanol–water partition coefficient (Wildman–Crippen LogP) is 3.28. The lowest BCUT2D eigenvalue weighted by atomic mass is 10.1. The minimum Gasteiger partial charge on any atom is -0.348 e. The summed E-state index contributed by atoms with van der Waals surface area (Å²) in [5, 5.41) is 0. The highest BCUT2D eigenvalue weighted by Gasteiger charge is 2.30. The Morgan fingerprint density at radius 1 is 1.30 bits per heavy atom. The van der Waals surface area contributed by atoms with Gasteiger partial charge < -0.3 is 14.8 Å². The van der Waals surface area contributed by atoms with E-state index < -0.39 is 21.7 Å². The van der Waals surface area contributed by atoms with E-state index in [-0.39, 0.29) is 41.6 Å². The summed E-state index contributed by atoms with van der Waals surface area (Å²) in [5.74, 6) is -2.03. The standard InChI is InChI=1S/C24H25ClFN5O4S2/c1-15-19(28-14-27-15)7-10-30(2)23(32)16-3-5-21(18(26)13-16)31-11-8-20(24(31)33)29-37(34,35)12-9-17-4-6-22(25)36-17/h3-6,8,13-14,29H,7,9-12H2,1-2H3,(H,27,28). The van der Waals surface area contributed by atoms with Crippen molar-refractivity contribution in [1.82, 2.24) is 19.6 Å². The number of H-pyrrole nitrogens is 1. The van der Waals surface area contributed by atoms with Crippen LogP contribution >= 0.6 is 22.9 Å². The maximum absolute atomic E-state index is 15.0. The van der Waals surface area contributed by atoms with Crippen molar-refractivity contribution in [2.75, 3.05) is 30.8 Å². The van der Waals surface area contributed by atoms with Gasteiger partial charge in [0, 0.05) is 42.7 Å². The van der Waals surface area contributed by atoms with Crippen LogP contribution < -0.4 is 9.62 Å². The SMILES string of the molecule is Cc1[nH]cnc1CCN(C)C(=O)c1ccc(N2CC=C(NS(=O)(=O)CCc3ccc(Cl)s3)C2=O)c(F)c1. The quantitative estimate of drug-likeness (QED) is 0.391. The highest BCUT2D eigenvalue weighted by atomic mass is 35.5. The minimum absolute atomic E-state index is 0.00957. The molecule has 0 radical (unpaired) electrons. The van der Waals surface area contributed by atoms with Crippen LogP contribution in [0, 0.1) is 12.7 Å². The van der Waals surface area contributed by atoms with Gasteiger partial charge in [0.05, 0.1) is 27.8 Å². The number of aromatic amines is 1. The smallest absolute Gasteiger partial charge is 0.275 e. The zero-order chi connectivity index (χ0) is 26.7. The maximum Gasteiger partial charge on any atom is 0.275 e. The van der Waals surface area contributed by atoms with Crippen LogP contribution in [0.4, 0.5) is 10.1 Å². The van der Waals surface area contributed by atoms with E-state index in [1.165, 1.54) is 34.4 Å². The summed E-state index contributed by atoms with van der Waals surface area (Å²) in [5.41, 5.74) is 1.72. The summed E-state index contributed by atoms with van der Waals surface area (Å²) < 4.78 is 42.8. The maximum atomic E-state index is 15.0. The summed E-state index contributed by atoms with van der Waals surface area (Å²) in [6.45, 7) is 2.28. The van der Waals surface area contributed by atoms with Crippen LogP contribution in [0.25, 0.3) is 0 Å². The van der Waals surface area contributed by atoms with Crippen molar-refractivity contribution >= 4 is 50.5 Å². The molecule has 1 aromatic carbocycles. The van der Waals surface area contributed by atoms with Crippen molar-refractivity contribution in [3.63, 3.8) is 0 Å². The highest BCUT2D eigenvalue weighted by molar-refractivity contribution is 7.89. The number of carbonyl (C=O) groups excluding carboxylic acids is 2. The molecule has 1 aliphatic heterocycles. The lowest BCUT2D eigenvalue weighted by Gasteiger charge is -2.20. The number of hydrogen-bond donors (Lipinski definition) is 2. The number of hydrogen-bond acceptors (Lipinski definition) is 6. The number of nitrogens with one attached hydrogen (secondary N) is 2. The molecule has 0 fully saturated rings. The molecule has 3 aromatic rings. The number of imidazole rings is 1. The number of anilines is 1. The second-order valence-electron chi connectivity index (χ2n) is 8.53. The summed E-state index contributed by atoms with van der Waals surface area (Å²) in [7, 11) is -2.19. The van der Waals surface area contributed by atoms with E-state index in [0.717, 1.165) is 27.2 Å². The number of aromatic nitrogens is 2. The van der Waals surface area contributed by atoms with Crippen molar-refractivity contribution < 1.29 is 22.4 Å². The third kappa shape index (κ3) is 6.38. The van der Waals surface area contributed by atoms with E-state index in [9.17, 15) is 22.4 Å². The van der Waals surface area contributed by atoms with Gasteiger partial charge in [0.2, 0.25) is 10.0 Å². The molecular weight excluding hydrogens is 541 g/mol. The number of carbonyl (C=O) groups is 2. The molecule has 0 spiro atoms. The van der Waals surface area contributed by atoms with Gasteiger partial charge >= 0.3 is 0 Å². The number of sulfonamides is 1. The zero-order valence-electron chi connectivity index (χ0n) is 20.1. The van der Waals surface area contributed by atoms with Gasteiger partial charge in [-0.3, -0.25) is 14.3 Å². The number of thiophene rings is 1. The van der Waals surface area contributed by atoms with Gasteiger partial charge in [0.25, 0.3) is 11.8 Å². The first kappa shape index (κ1) is 26.8. The normalized spacial score (nSPS) is 13.7. The van der Waals surface area contributed by atoms with Crippen LogP contribution in [0.15, 0.2) is 48.4 Å². The zero-order valence-corrected chi connectivity index (χ0v) is 22.5. The van der Waals surface area contributed by atoms with Gasteiger partial charge in [0.15, 0.2) is 0 Å². The van der Waals surface area contributed by atoms with Crippen LogP contribution in [0.1, 0.15) is 26.6 Å². The van der Waals surface area contributed by atoms with Crippen LogP contribution in [0.2, 0.25) is 4.34 Å². The molecule has 2 N–H and O–H groups in total. The molecule has 2 amide bonds. The average molecular weight is 566 g/mol. The van der Waals surface area contributed by atoms with Crippen molar-refractivity contribution in [2.24, 2.45) is 0 Å². The number of aryl methyl sites for hydroxylation is 2. The largest absolute Gasteiger partial charge is 0.348 e. The van der Waals surface area contributed by atoms with E-state index in [4.69, 9.17) is 11.6 Å². The van der Waals surface area contributed by atoms with Crippen LogP contribution in [0.3, 0.4) is 0 Å². The molecule has 0 saturated heterocycles. The van der Waals surface area contributed by atoms with Gasteiger partial charge in [0.1, 0.15) is 11.5 Å². The van der Waals surface area contributed by atoms with E-state index in [1.54, 1.807) is 25.5 Å². The number of likely N-dealkylation sites (N-methyl/N-ethyl adjacent to an activating group) is 1. The first-order valence-electron chi connectivity index (χ1n) is 11.3. The predicted molar refractivity (Wildman–Crippen MR) is 141 cm³/mol. The molecule has 13 heteroatoms. The fourth-order valence-corrected chi connectivity index (χ4v) is 6.14. The van der Waals surface area contributed by atoms with E-state index in [0.29, 0.717) is 17.3 Å². The molecule has 0 saturated carbocycles. The lowest BCUT2D eigenvalue weighted by molar-refractivity contribution is -0.114. The van der Waals surface area contributed by atoms with Crippen molar-refractivity contribution in [3.8, 4) is 0 Å². The van der Waals surface area contributed by atoms with Crippen molar-refractivity contribution in [1.29, 1.82) is 0 Å². The fourth-order valence-electron chi connectivity index (χ4n) is 3.82. The Labute approximate surface area is 223 Å². The average Bonchev–Trinajstić information content (AvgIpc) is 3.56. The third-order valence-corrected chi connectivity index (χ3v) is 8.48. The Hall–Kier alpha value is -3.22. The molecule has 2 aromatic heterocycles. The van der Waals surface area contributed by atoms with Crippen LogP contribution in [0.5, 0.6) is 0 Å². The van der Waals surface area contributed by atoms with E-state index >= 15 is 0 Å². The summed E-state index contributed by atoms with van der Waals surface area (Å²) in [4.78, 5) is 36.2. The first-order valence-corrected chi connectivity index (χ1v) is 14.2. The molecule has 1 aliphatic rings. The molecule has 0 aliphatic carbocycles. The van der Waals surface area contributed by atoms with Gasteiger partial charge in [-0.05, 0) is 49.8 Å². The third-order valence-electron chi connectivity index (χ3n) is 5.92. The van der Waals surface area contributed by atoms with Crippen molar-refractivity contribution in [3.05, 3.63) is 80.4 Å². The lowest BCUT2D eigenvalue weighted by Crippen LogP contribution is -2.35. The number of halogens is 2. The molecule has 0 unspecified atom stereocenters. The second-order valence-corrected chi connectivity index (χ2v) is 12.2. The molecule has 3 heterocycles. The molecule has 9 nitrogen and oxygen atoms in total. The number of benzene rings is 1. The van der Waals surface area contributed by atoms with Crippen LogP contribution in [-0.4, -0.2) is 61.0 Å². The second kappa shape index (κ2) is 11.0. The molecule has 0 atom stereocenters. The summed E-state index contributed by atoms with van der Waals surface area (Å²) in [6.07, 6.45) is 3.78. The molecular formula is C24H25ClFN5O4S2. The minimum atomic E-state index is -3.81. The fraction of sp³-hybridized carbons (Fsp3) is 0.292. The van der Waals surface area contributed by atoms with Gasteiger partial charge in [-0.1, -0.05) is 11.6 Å². The highest BCUT2D eigenvalue weighted by Crippen LogP contribution is 2.26. The molecule has 0 bridgehead atoms. The number of rotatable bonds is 10. The van der Waals surface area contributed by atoms with Crippen LogP contribution in [-0.2, 0) is 27.7 Å². The van der Waals surface area contributed by atoms with E-state index in [2.05, 4.69) is 14.7 Å². The van der Waals surface area contributed by atoms with Gasteiger partial charge in [-0.2, -0.15) is 0 Å².